The smallest absolute Gasteiger partial charge is 0.259 e. The lowest BCUT2D eigenvalue weighted by molar-refractivity contribution is -0.124. The Morgan fingerprint density at radius 3 is 2.51 bits per heavy atom. The van der Waals surface area contributed by atoms with Crippen molar-refractivity contribution in [3.63, 3.8) is 0 Å². The number of nitrogens with one attached hydrogen (secondary N) is 2. The van der Waals surface area contributed by atoms with Crippen molar-refractivity contribution >= 4 is 62.8 Å². The summed E-state index contributed by atoms with van der Waals surface area (Å²) in [5.74, 6) is -0.805. The monoisotopic (exact) mass is 485 g/mol. The first-order chi connectivity index (χ1) is 17.0. The molecule has 35 heavy (non-hydrogen) atoms. The molecule has 0 atom stereocenters. The van der Waals surface area contributed by atoms with Gasteiger partial charge in [-0.1, -0.05) is 48.0 Å². The van der Waals surface area contributed by atoms with Gasteiger partial charge in [-0.25, -0.2) is 0 Å². The molecular weight excluding hydrogens is 466 g/mol. The molecule has 174 valence electrons. The van der Waals surface area contributed by atoms with E-state index in [0.29, 0.717) is 39.1 Å². The van der Waals surface area contributed by atoms with Gasteiger partial charge in [-0.3, -0.25) is 19.3 Å². The molecule has 3 amide bonds. The maximum absolute atomic E-state index is 13.0. The summed E-state index contributed by atoms with van der Waals surface area (Å²) < 4.78 is 5.26. The Morgan fingerprint density at radius 1 is 0.971 bits per heavy atom. The fraction of sp³-hybridized carbons (Fsp3) is 0.0741. The number of para-hydroxylation sites is 1. The zero-order valence-electron chi connectivity index (χ0n) is 18.7. The molecule has 0 bridgehead atoms. The van der Waals surface area contributed by atoms with Crippen molar-refractivity contribution in [3.8, 4) is 5.75 Å². The Hall–Kier alpha value is -4.36. The van der Waals surface area contributed by atoms with Crippen molar-refractivity contribution < 1.29 is 19.1 Å². The van der Waals surface area contributed by atoms with E-state index in [1.165, 1.54) is 12.0 Å². The zero-order chi connectivity index (χ0) is 24.5. The molecule has 7 nitrogen and oxygen atoms in total. The second-order valence-corrected chi connectivity index (χ2v) is 8.36. The van der Waals surface area contributed by atoms with E-state index in [0.717, 1.165) is 10.8 Å². The van der Waals surface area contributed by atoms with Crippen LogP contribution in [0.2, 0.25) is 5.02 Å². The topological polar surface area (TPSA) is 87.7 Å². The van der Waals surface area contributed by atoms with Crippen LogP contribution in [0.3, 0.4) is 0 Å². The minimum absolute atomic E-state index is 0.282. The molecule has 4 aromatic rings. The Morgan fingerprint density at radius 2 is 1.74 bits per heavy atom. The minimum atomic E-state index is -0.380. The molecule has 0 unspecified atom stereocenters. The molecule has 2 N–H and O–H groups in total. The van der Waals surface area contributed by atoms with E-state index in [-0.39, 0.29) is 24.1 Å². The number of carbonyl (C=O) groups excluding carboxylic acids is 3. The van der Waals surface area contributed by atoms with Crippen molar-refractivity contribution in [1.29, 1.82) is 0 Å². The van der Waals surface area contributed by atoms with Gasteiger partial charge in [-0.15, -0.1) is 0 Å². The molecule has 1 heterocycles. The summed E-state index contributed by atoms with van der Waals surface area (Å²) in [4.78, 5) is 39.8. The number of amides is 3. The van der Waals surface area contributed by atoms with E-state index in [4.69, 9.17) is 16.3 Å². The van der Waals surface area contributed by atoms with E-state index >= 15 is 0 Å². The van der Waals surface area contributed by atoms with Crippen LogP contribution in [-0.4, -0.2) is 24.8 Å². The first-order valence-corrected chi connectivity index (χ1v) is 11.2. The molecule has 0 aliphatic carbocycles. The van der Waals surface area contributed by atoms with E-state index in [1.54, 1.807) is 42.5 Å². The number of ether oxygens (including phenoxy) is 1. The van der Waals surface area contributed by atoms with Crippen LogP contribution in [0.5, 0.6) is 5.75 Å². The SMILES string of the molecule is COc1c(Cl)cccc1C(=O)Nc1ccc(N2C(=O)CC(=O)Nc3c2ccc2ccccc32)cc1. The van der Waals surface area contributed by atoms with Gasteiger partial charge in [-0.2, -0.15) is 0 Å². The zero-order valence-corrected chi connectivity index (χ0v) is 19.4. The molecule has 0 aromatic heterocycles. The van der Waals surface area contributed by atoms with Gasteiger partial charge in [0.2, 0.25) is 11.8 Å². The third-order valence-corrected chi connectivity index (χ3v) is 6.07. The van der Waals surface area contributed by atoms with Gasteiger partial charge < -0.3 is 15.4 Å². The largest absolute Gasteiger partial charge is 0.494 e. The Bertz CT molecular complexity index is 1480. The molecule has 1 aliphatic rings. The summed E-state index contributed by atoms with van der Waals surface area (Å²) in [6.07, 6.45) is -0.282. The van der Waals surface area contributed by atoms with Crippen LogP contribution < -0.4 is 20.3 Å². The maximum Gasteiger partial charge on any atom is 0.259 e. The maximum atomic E-state index is 13.0. The molecule has 0 fully saturated rings. The average molecular weight is 486 g/mol. The van der Waals surface area contributed by atoms with Crippen molar-refractivity contribution in [2.75, 3.05) is 22.6 Å². The molecule has 1 aliphatic heterocycles. The van der Waals surface area contributed by atoms with Crippen molar-refractivity contribution in [2.45, 2.75) is 6.42 Å². The van der Waals surface area contributed by atoms with E-state index in [9.17, 15) is 14.4 Å². The summed E-state index contributed by atoms with van der Waals surface area (Å²) >= 11 is 6.13. The van der Waals surface area contributed by atoms with Crippen molar-refractivity contribution in [2.24, 2.45) is 0 Å². The second-order valence-electron chi connectivity index (χ2n) is 7.96. The van der Waals surface area contributed by atoms with Gasteiger partial charge in [0.25, 0.3) is 5.91 Å². The average Bonchev–Trinajstić information content (AvgIpc) is 2.99. The lowest BCUT2D eigenvalue weighted by atomic mass is 10.1. The van der Waals surface area contributed by atoms with Gasteiger partial charge in [-0.05, 0) is 47.9 Å². The van der Waals surface area contributed by atoms with Gasteiger partial charge in [0, 0.05) is 16.8 Å². The van der Waals surface area contributed by atoms with Crippen LogP contribution in [0.15, 0.2) is 78.9 Å². The lowest BCUT2D eigenvalue weighted by Crippen LogP contribution is -2.26. The minimum Gasteiger partial charge on any atom is -0.494 e. The van der Waals surface area contributed by atoms with Crippen LogP contribution in [0.4, 0.5) is 22.7 Å². The molecule has 0 saturated carbocycles. The summed E-state index contributed by atoms with van der Waals surface area (Å²) in [6.45, 7) is 0. The molecular formula is C27H20ClN3O4. The Labute approximate surface area is 206 Å². The van der Waals surface area contributed by atoms with Gasteiger partial charge in [0.1, 0.15) is 12.2 Å². The van der Waals surface area contributed by atoms with Crippen LogP contribution >= 0.6 is 11.6 Å². The first kappa shape index (κ1) is 22.4. The lowest BCUT2D eigenvalue weighted by Gasteiger charge is -2.23. The summed E-state index contributed by atoms with van der Waals surface area (Å²) in [5.41, 5.74) is 2.57. The van der Waals surface area contributed by atoms with Crippen LogP contribution in [0.1, 0.15) is 16.8 Å². The summed E-state index contributed by atoms with van der Waals surface area (Å²) in [6, 6.07) is 23.2. The highest BCUT2D eigenvalue weighted by Crippen LogP contribution is 2.40. The van der Waals surface area contributed by atoms with E-state index < -0.39 is 0 Å². The number of benzene rings is 4. The first-order valence-electron chi connectivity index (χ1n) is 10.8. The fourth-order valence-corrected chi connectivity index (χ4v) is 4.43. The third-order valence-electron chi connectivity index (χ3n) is 5.77. The van der Waals surface area contributed by atoms with Crippen LogP contribution in [0.25, 0.3) is 10.8 Å². The number of anilines is 4. The number of methoxy groups -OCH3 is 1. The van der Waals surface area contributed by atoms with E-state index in [2.05, 4.69) is 10.6 Å². The Balaban J connectivity index is 1.48. The standard InChI is InChI=1S/C27H20ClN3O4/c1-35-26-20(7-4-8-21(26)28)27(34)29-17-10-12-18(13-11-17)31-22-14-9-16-5-2-3-6-19(16)25(22)30-23(32)15-24(31)33/h2-14H,15H2,1H3,(H,29,34)(H,30,32). The molecule has 5 rings (SSSR count). The van der Waals surface area contributed by atoms with Crippen molar-refractivity contribution in [3.05, 3.63) is 89.4 Å². The number of hydrogen-bond donors (Lipinski definition) is 2. The normalized spacial score (nSPS) is 13.1. The van der Waals surface area contributed by atoms with Gasteiger partial charge >= 0.3 is 0 Å². The second kappa shape index (κ2) is 9.12. The number of carbonyl (C=O) groups is 3. The number of nitrogens with zero attached hydrogens (tertiary/aromatic N) is 1. The van der Waals surface area contributed by atoms with Crippen molar-refractivity contribution in [1.82, 2.24) is 0 Å². The number of hydrogen-bond acceptors (Lipinski definition) is 4. The predicted molar refractivity (Wildman–Crippen MR) is 137 cm³/mol. The number of halogens is 1. The summed E-state index contributed by atoms with van der Waals surface area (Å²) in [7, 11) is 1.45. The predicted octanol–water partition coefficient (Wildman–Crippen LogP) is 5.76. The highest BCUT2D eigenvalue weighted by atomic mass is 35.5. The summed E-state index contributed by atoms with van der Waals surface area (Å²) in [5, 5.41) is 7.84. The highest BCUT2D eigenvalue weighted by molar-refractivity contribution is 6.33. The van der Waals surface area contributed by atoms with Crippen LogP contribution in [0, 0.1) is 0 Å². The molecule has 0 radical (unpaired) electrons. The number of rotatable bonds is 4. The number of fused-ring (bicyclic) bond motifs is 3. The van der Waals surface area contributed by atoms with E-state index in [1.807, 2.05) is 36.4 Å². The molecule has 4 aromatic carbocycles. The van der Waals surface area contributed by atoms with Gasteiger partial charge in [0.15, 0.2) is 0 Å². The molecule has 8 heteroatoms. The quantitative estimate of drug-likeness (QED) is 0.360. The highest BCUT2D eigenvalue weighted by Gasteiger charge is 2.28. The molecule has 0 spiro atoms. The van der Waals surface area contributed by atoms with Crippen LogP contribution in [-0.2, 0) is 9.59 Å². The molecule has 0 saturated heterocycles. The Kier molecular flexibility index (Phi) is 5.84. The van der Waals surface area contributed by atoms with Gasteiger partial charge in [0.05, 0.1) is 29.1 Å². The fourth-order valence-electron chi connectivity index (χ4n) is 4.18. The third kappa shape index (κ3) is 4.18.